The summed E-state index contributed by atoms with van der Waals surface area (Å²) in [5, 5.41) is 0. The van der Waals surface area contributed by atoms with E-state index >= 15 is 0 Å². The molecule has 0 saturated heterocycles. The summed E-state index contributed by atoms with van der Waals surface area (Å²) in [6.45, 7) is 10.3. The van der Waals surface area contributed by atoms with Gasteiger partial charge in [-0.1, -0.05) is 44.9 Å². The van der Waals surface area contributed by atoms with Crippen LogP contribution in [-0.4, -0.2) is 19.3 Å². The summed E-state index contributed by atoms with van der Waals surface area (Å²) in [5.41, 5.74) is 2.66. The number of hydrogen-bond donors (Lipinski definition) is 0. The predicted molar refractivity (Wildman–Crippen MR) is 122 cm³/mol. The summed E-state index contributed by atoms with van der Waals surface area (Å²) in [4.78, 5) is 0. The van der Waals surface area contributed by atoms with Gasteiger partial charge in [-0.3, -0.25) is 0 Å². The van der Waals surface area contributed by atoms with Crippen molar-refractivity contribution in [2.24, 2.45) is 11.8 Å². The molecule has 0 spiro atoms. The van der Waals surface area contributed by atoms with Crippen LogP contribution in [0.2, 0.25) is 0 Å². The van der Waals surface area contributed by atoms with E-state index < -0.39 is 0 Å². The summed E-state index contributed by atoms with van der Waals surface area (Å²) >= 11 is 0. The van der Waals surface area contributed by atoms with Gasteiger partial charge in [0.2, 0.25) is 0 Å². The summed E-state index contributed by atoms with van der Waals surface area (Å²) < 4.78 is 18.5. The zero-order chi connectivity index (χ0) is 20.9. The zero-order valence-corrected chi connectivity index (χ0v) is 18.6. The Hall–Kier alpha value is -2.16. The molecule has 0 N–H and O–H groups in total. The Morgan fingerprint density at radius 2 is 1.87 bits per heavy atom. The van der Waals surface area contributed by atoms with Crippen molar-refractivity contribution in [2.45, 2.75) is 70.8 Å². The third-order valence-corrected chi connectivity index (χ3v) is 6.67. The lowest BCUT2D eigenvalue weighted by Crippen LogP contribution is -2.39. The second-order valence-electron chi connectivity index (χ2n) is 8.98. The Labute approximate surface area is 181 Å². The molecule has 1 aliphatic heterocycles. The third-order valence-electron chi connectivity index (χ3n) is 6.67. The molecular weight excluding hydrogens is 372 g/mol. The van der Waals surface area contributed by atoms with Crippen LogP contribution in [0.5, 0.6) is 11.5 Å². The molecule has 1 fully saturated rings. The minimum absolute atomic E-state index is 0.193. The molecule has 1 unspecified atom stereocenters. The monoisotopic (exact) mass is 408 g/mol. The first kappa shape index (κ1) is 21.1. The molecule has 0 amide bonds. The van der Waals surface area contributed by atoms with Crippen molar-refractivity contribution in [2.75, 3.05) is 13.2 Å². The van der Waals surface area contributed by atoms with Gasteiger partial charge in [0.05, 0.1) is 13.2 Å². The number of unbranched alkanes of at least 4 members (excludes halogenated alkanes) is 2. The second-order valence-corrected chi connectivity index (χ2v) is 8.98. The molecule has 2 aliphatic carbocycles. The van der Waals surface area contributed by atoms with Gasteiger partial charge in [0.15, 0.2) is 0 Å². The minimum atomic E-state index is 0.193. The lowest BCUT2D eigenvalue weighted by Gasteiger charge is -2.39. The molecule has 3 aliphatic rings. The fourth-order valence-corrected chi connectivity index (χ4v) is 5.00. The second kappa shape index (κ2) is 9.76. The van der Waals surface area contributed by atoms with Gasteiger partial charge in [-0.25, -0.2) is 0 Å². The van der Waals surface area contributed by atoms with Gasteiger partial charge < -0.3 is 14.2 Å². The van der Waals surface area contributed by atoms with E-state index in [1.54, 1.807) is 0 Å². The van der Waals surface area contributed by atoms with E-state index in [-0.39, 0.29) is 6.10 Å². The molecule has 162 valence electrons. The van der Waals surface area contributed by atoms with E-state index in [1.807, 2.05) is 0 Å². The lowest BCUT2D eigenvalue weighted by molar-refractivity contribution is 0.0677. The van der Waals surface area contributed by atoms with Crippen LogP contribution in [0.15, 0.2) is 54.3 Å². The number of fused-ring (bicyclic) bond motifs is 3. The van der Waals surface area contributed by atoms with Gasteiger partial charge in [0.25, 0.3) is 0 Å². The largest absolute Gasteiger partial charge is 0.494 e. The summed E-state index contributed by atoms with van der Waals surface area (Å²) in [5.74, 6) is 4.37. The van der Waals surface area contributed by atoms with Gasteiger partial charge >= 0.3 is 0 Å². The highest BCUT2D eigenvalue weighted by atomic mass is 16.5. The minimum Gasteiger partial charge on any atom is -0.494 e. The van der Waals surface area contributed by atoms with Gasteiger partial charge in [-0.2, -0.15) is 0 Å². The van der Waals surface area contributed by atoms with E-state index in [4.69, 9.17) is 14.2 Å². The summed E-state index contributed by atoms with van der Waals surface area (Å²) in [6, 6.07) is 6.39. The first-order valence-electron chi connectivity index (χ1n) is 11.8. The molecule has 0 aromatic heterocycles. The Morgan fingerprint density at radius 1 is 1.07 bits per heavy atom. The average Bonchev–Trinajstić information content (AvgIpc) is 3.16. The van der Waals surface area contributed by atoms with Crippen LogP contribution < -0.4 is 9.47 Å². The molecule has 30 heavy (non-hydrogen) atoms. The smallest absolute Gasteiger partial charge is 0.123 e. The van der Waals surface area contributed by atoms with Crippen LogP contribution in [0, 0.1) is 11.8 Å². The van der Waals surface area contributed by atoms with Crippen LogP contribution in [0.25, 0.3) is 0 Å². The van der Waals surface area contributed by atoms with Crippen molar-refractivity contribution < 1.29 is 14.2 Å². The normalized spacial score (nSPS) is 27.1. The number of rotatable bonds is 9. The number of ether oxygens (including phenoxy) is 3. The van der Waals surface area contributed by atoms with Gasteiger partial charge in [-0.05, 0) is 68.4 Å². The number of hydrogen-bond acceptors (Lipinski definition) is 3. The van der Waals surface area contributed by atoms with Gasteiger partial charge in [0, 0.05) is 17.4 Å². The van der Waals surface area contributed by atoms with E-state index in [2.05, 4.69) is 56.9 Å². The Bertz CT molecular complexity index is 806. The summed E-state index contributed by atoms with van der Waals surface area (Å²) in [6.07, 6.45) is 14.5. The predicted octanol–water partition coefficient (Wildman–Crippen LogP) is 6.95. The van der Waals surface area contributed by atoms with Crippen LogP contribution in [0.1, 0.15) is 70.3 Å². The SMILES string of the molecule is C=C1C[C@@H]2C([C@@H]3C=CC(OCCCC)=CC3)Oc3ccc(OCCCC)cc3[C@@H]2C1. The highest BCUT2D eigenvalue weighted by Crippen LogP contribution is 2.53. The van der Waals surface area contributed by atoms with E-state index in [0.29, 0.717) is 17.8 Å². The van der Waals surface area contributed by atoms with Crippen molar-refractivity contribution in [1.82, 2.24) is 0 Å². The fourth-order valence-electron chi connectivity index (χ4n) is 5.00. The average molecular weight is 409 g/mol. The molecule has 3 heteroatoms. The topological polar surface area (TPSA) is 27.7 Å². The van der Waals surface area contributed by atoms with Gasteiger partial charge in [0.1, 0.15) is 23.4 Å². The van der Waals surface area contributed by atoms with E-state index in [1.165, 1.54) is 11.1 Å². The zero-order valence-electron chi connectivity index (χ0n) is 18.6. The molecular formula is C27H36O3. The lowest BCUT2D eigenvalue weighted by atomic mass is 9.76. The maximum atomic E-state index is 6.63. The van der Waals surface area contributed by atoms with E-state index in [0.717, 1.165) is 75.4 Å². The highest BCUT2D eigenvalue weighted by molar-refractivity contribution is 5.46. The molecule has 0 bridgehead atoms. The van der Waals surface area contributed by atoms with E-state index in [9.17, 15) is 0 Å². The molecule has 4 rings (SSSR count). The quantitative estimate of drug-likeness (QED) is 0.327. The number of benzene rings is 1. The Morgan fingerprint density at radius 3 is 2.60 bits per heavy atom. The van der Waals surface area contributed by atoms with Crippen LogP contribution in [-0.2, 0) is 4.74 Å². The summed E-state index contributed by atoms with van der Waals surface area (Å²) in [7, 11) is 0. The first-order chi connectivity index (χ1) is 14.7. The highest BCUT2D eigenvalue weighted by Gasteiger charge is 2.45. The standard InChI is InChI=1S/C27H36O3/c1-4-6-14-28-21-10-8-20(9-11-21)27-25-17-19(3)16-23(25)24-18-22(29-15-7-5-2)12-13-26(24)30-27/h8,10-13,18,20,23,25,27H,3-7,9,14-17H2,1-2H3/t20-,23+,25+,27?/m1/s1. The molecule has 1 aromatic carbocycles. The molecule has 1 saturated carbocycles. The molecule has 1 aromatic rings. The van der Waals surface area contributed by atoms with Crippen molar-refractivity contribution >= 4 is 0 Å². The van der Waals surface area contributed by atoms with Crippen LogP contribution >= 0.6 is 0 Å². The molecule has 3 nitrogen and oxygen atoms in total. The Kier molecular flexibility index (Phi) is 6.86. The maximum absolute atomic E-state index is 6.63. The Balaban J connectivity index is 1.48. The van der Waals surface area contributed by atoms with Crippen molar-refractivity contribution in [1.29, 1.82) is 0 Å². The third kappa shape index (κ3) is 4.61. The molecule has 0 radical (unpaired) electrons. The van der Waals surface area contributed by atoms with Gasteiger partial charge in [-0.15, -0.1) is 0 Å². The fraction of sp³-hybridized carbons (Fsp3) is 0.556. The molecule has 4 atom stereocenters. The number of allylic oxidation sites excluding steroid dienone is 3. The van der Waals surface area contributed by atoms with Crippen LogP contribution in [0.4, 0.5) is 0 Å². The van der Waals surface area contributed by atoms with Crippen molar-refractivity contribution in [3.63, 3.8) is 0 Å². The van der Waals surface area contributed by atoms with Crippen molar-refractivity contribution in [3.05, 3.63) is 59.9 Å². The first-order valence-corrected chi connectivity index (χ1v) is 11.8. The maximum Gasteiger partial charge on any atom is 0.123 e. The van der Waals surface area contributed by atoms with Crippen LogP contribution in [0.3, 0.4) is 0 Å². The molecule has 1 heterocycles. The van der Waals surface area contributed by atoms with Crippen molar-refractivity contribution in [3.8, 4) is 11.5 Å².